The summed E-state index contributed by atoms with van der Waals surface area (Å²) in [5, 5.41) is 0. The molecular weight excluding hydrogens is 901 g/mol. The smallest absolute Gasteiger partial charge is 0.306 e. The zero-order valence-electron chi connectivity index (χ0n) is 46.8. The van der Waals surface area contributed by atoms with Crippen molar-refractivity contribution >= 4 is 17.9 Å². The van der Waals surface area contributed by atoms with Crippen molar-refractivity contribution in [1.82, 2.24) is 0 Å². The number of carbonyl (C=O) groups is 3. The lowest BCUT2D eigenvalue weighted by Crippen LogP contribution is -2.30. The molecule has 0 aliphatic heterocycles. The molecule has 6 heteroatoms. The van der Waals surface area contributed by atoms with Crippen molar-refractivity contribution in [3.05, 3.63) is 146 Å². The van der Waals surface area contributed by atoms with E-state index in [0.29, 0.717) is 12.8 Å². The third-order valence-electron chi connectivity index (χ3n) is 11.8. The number of hydrogen-bond acceptors (Lipinski definition) is 6. The van der Waals surface area contributed by atoms with Crippen molar-refractivity contribution in [3.8, 4) is 0 Å². The van der Waals surface area contributed by atoms with Crippen LogP contribution in [0.3, 0.4) is 0 Å². The Morgan fingerprint density at radius 2 is 0.534 bits per heavy atom. The highest BCUT2D eigenvalue weighted by Crippen LogP contribution is 2.13. The Bertz CT molecular complexity index is 1630. The number of rotatable bonds is 51. The fourth-order valence-corrected chi connectivity index (χ4v) is 7.51. The molecule has 0 aromatic carbocycles. The Morgan fingerprint density at radius 3 is 0.836 bits per heavy atom. The van der Waals surface area contributed by atoms with Crippen LogP contribution in [0, 0.1) is 0 Å². The summed E-state index contributed by atoms with van der Waals surface area (Å²) in [4.78, 5) is 38.1. The van der Waals surface area contributed by atoms with E-state index in [2.05, 4.69) is 167 Å². The van der Waals surface area contributed by atoms with Crippen LogP contribution in [0.5, 0.6) is 0 Å². The molecule has 0 radical (unpaired) electrons. The minimum atomic E-state index is -0.806. The molecule has 0 aliphatic rings. The van der Waals surface area contributed by atoms with Gasteiger partial charge < -0.3 is 14.2 Å². The van der Waals surface area contributed by atoms with Crippen molar-refractivity contribution in [3.63, 3.8) is 0 Å². The second-order valence-corrected chi connectivity index (χ2v) is 18.8. The number of unbranched alkanes of at least 4 members (excludes halogenated alkanes) is 16. The molecule has 0 saturated carbocycles. The Hall–Kier alpha value is -4.71. The van der Waals surface area contributed by atoms with E-state index in [1.807, 2.05) is 0 Å². The van der Waals surface area contributed by atoms with Gasteiger partial charge in [0.1, 0.15) is 13.2 Å². The molecule has 0 fully saturated rings. The lowest BCUT2D eigenvalue weighted by molar-refractivity contribution is -0.167. The average molecular weight is 1010 g/mol. The Labute approximate surface area is 448 Å². The van der Waals surface area contributed by atoms with E-state index in [1.54, 1.807) is 0 Å². The maximum absolute atomic E-state index is 12.8. The molecule has 0 saturated heterocycles. The number of hydrogen-bond donors (Lipinski definition) is 0. The summed E-state index contributed by atoms with van der Waals surface area (Å²) in [5.74, 6) is -0.960. The minimum Gasteiger partial charge on any atom is -0.462 e. The van der Waals surface area contributed by atoms with E-state index in [1.165, 1.54) is 38.5 Å². The third kappa shape index (κ3) is 58.1. The molecule has 410 valence electrons. The largest absolute Gasteiger partial charge is 0.462 e. The monoisotopic (exact) mass is 1010 g/mol. The molecule has 6 nitrogen and oxygen atoms in total. The first-order valence-corrected chi connectivity index (χ1v) is 29.3. The van der Waals surface area contributed by atoms with Gasteiger partial charge in [-0.2, -0.15) is 0 Å². The van der Waals surface area contributed by atoms with Gasteiger partial charge in [0.15, 0.2) is 6.10 Å². The van der Waals surface area contributed by atoms with Crippen molar-refractivity contribution in [2.75, 3.05) is 13.2 Å². The van der Waals surface area contributed by atoms with Crippen LogP contribution in [-0.4, -0.2) is 37.2 Å². The van der Waals surface area contributed by atoms with E-state index in [4.69, 9.17) is 14.2 Å². The predicted octanol–water partition coefficient (Wildman–Crippen LogP) is 20.0. The lowest BCUT2D eigenvalue weighted by atomic mass is 10.1. The quantitative estimate of drug-likeness (QED) is 0.0261. The molecule has 0 N–H and O–H groups in total. The van der Waals surface area contributed by atoms with Crippen molar-refractivity contribution in [2.45, 2.75) is 245 Å². The van der Waals surface area contributed by atoms with Crippen LogP contribution in [0.1, 0.15) is 239 Å². The van der Waals surface area contributed by atoms with E-state index in [9.17, 15) is 14.4 Å². The average Bonchev–Trinajstić information content (AvgIpc) is 3.39. The maximum Gasteiger partial charge on any atom is 0.306 e. The van der Waals surface area contributed by atoms with Gasteiger partial charge >= 0.3 is 17.9 Å². The van der Waals surface area contributed by atoms with Gasteiger partial charge in [-0.1, -0.05) is 244 Å². The van der Waals surface area contributed by atoms with Gasteiger partial charge in [-0.25, -0.2) is 0 Å². The molecule has 0 amide bonds. The number of allylic oxidation sites excluding steroid dienone is 24. The molecule has 1 atom stereocenters. The maximum atomic E-state index is 12.8. The summed E-state index contributed by atoms with van der Waals surface area (Å²) < 4.78 is 16.8. The number of carbonyl (C=O) groups excluding carboxylic acids is 3. The zero-order valence-corrected chi connectivity index (χ0v) is 46.8. The highest BCUT2D eigenvalue weighted by Gasteiger charge is 2.19. The van der Waals surface area contributed by atoms with Crippen LogP contribution < -0.4 is 0 Å². The van der Waals surface area contributed by atoms with Gasteiger partial charge in [0.25, 0.3) is 0 Å². The van der Waals surface area contributed by atoms with E-state index < -0.39 is 6.10 Å². The van der Waals surface area contributed by atoms with E-state index >= 15 is 0 Å². The standard InChI is InChI=1S/C67H106O6/c1-4-7-10-13-16-19-21-23-25-27-28-29-30-31-32-33-34-35-36-37-38-40-41-43-45-48-51-54-57-60-66(69)72-63-64(62-71-65(68)59-56-53-50-47-18-15-12-9-6-3)73-67(70)61-58-55-52-49-46-44-42-39-26-24-22-20-17-14-11-8-5-2/h7-8,10-11,16-17,19-20,23-26,28-29,31-32,34-35,37-38,41-44,64H,4-6,9,12-15,18,21-22,27,30,33,36,39-40,45-63H2,1-3H3/b10-7-,11-8-,19-16-,20-17-,25-23-,26-24-,29-28-,32-31-,35-34-,38-37-,43-41-,44-42-. The van der Waals surface area contributed by atoms with Gasteiger partial charge in [-0.15, -0.1) is 0 Å². The summed E-state index contributed by atoms with van der Waals surface area (Å²) in [6.07, 6.45) is 85.6. The molecule has 73 heavy (non-hydrogen) atoms. The first-order chi connectivity index (χ1) is 36.0. The van der Waals surface area contributed by atoms with Gasteiger partial charge in [-0.05, 0) is 122 Å². The van der Waals surface area contributed by atoms with E-state index in [0.717, 1.165) is 161 Å². The van der Waals surface area contributed by atoms with Crippen LogP contribution in [0.2, 0.25) is 0 Å². The van der Waals surface area contributed by atoms with Crippen LogP contribution >= 0.6 is 0 Å². The summed E-state index contributed by atoms with van der Waals surface area (Å²) in [7, 11) is 0. The molecule has 0 rings (SSSR count). The SMILES string of the molecule is CC/C=C\C/C=C\C/C=C\C/C=C\C/C=C\C/C=C\C/C=C\C/C=C\CCCCCCC(=O)OCC(COC(=O)CCCCCCCCCCC)OC(=O)CCCCCC/C=C\C/C=C\C/C=C\C/C=C\CC. The second-order valence-electron chi connectivity index (χ2n) is 18.8. The molecule has 0 aliphatic carbocycles. The molecule has 1 unspecified atom stereocenters. The highest BCUT2D eigenvalue weighted by atomic mass is 16.6. The van der Waals surface area contributed by atoms with Gasteiger partial charge in [0, 0.05) is 19.3 Å². The normalized spacial score (nSPS) is 13.2. The summed E-state index contributed by atoms with van der Waals surface area (Å²) in [6.45, 7) is 6.34. The molecule has 0 bridgehead atoms. The topological polar surface area (TPSA) is 78.9 Å². The van der Waals surface area contributed by atoms with Crippen LogP contribution in [0.4, 0.5) is 0 Å². The van der Waals surface area contributed by atoms with Crippen LogP contribution in [0.15, 0.2) is 146 Å². The van der Waals surface area contributed by atoms with Crippen LogP contribution in [0.25, 0.3) is 0 Å². The first-order valence-electron chi connectivity index (χ1n) is 29.3. The Kier molecular flexibility index (Phi) is 56.0. The van der Waals surface area contributed by atoms with Crippen molar-refractivity contribution in [1.29, 1.82) is 0 Å². The van der Waals surface area contributed by atoms with Gasteiger partial charge in [0.2, 0.25) is 0 Å². The number of ether oxygens (including phenoxy) is 3. The van der Waals surface area contributed by atoms with Crippen molar-refractivity contribution in [2.24, 2.45) is 0 Å². The molecular formula is C67H106O6. The molecule has 0 heterocycles. The first kappa shape index (κ1) is 68.3. The van der Waals surface area contributed by atoms with Crippen molar-refractivity contribution < 1.29 is 28.6 Å². The molecule has 0 aromatic heterocycles. The second kappa shape index (κ2) is 59.8. The lowest BCUT2D eigenvalue weighted by Gasteiger charge is -2.18. The minimum absolute atomic E-state index is 0.100. The Balaban J connectivity index is 4.36. The van der Waals surface area contributed by atoms with E-state index in [-0.39, 0.29) is 37.5 Å². The molecule has 0 aromatic rings. The third-order valence-corrected chi connectivity index (χ3v) is 11.8. The summed E-state index contributed by atoms with van der Waals surface area (Å²) in [5.41, 5.74) is 0. The highest BCUT2D eigenvalue weighted by molar-refractivity contribution is 5.71. The fraction of sp³-hybridized carbons (Fsp3) is 0.597. The Morgan fingerprint density at radius 1 is 0.288 bits per heavy atom. The van der Waals surface area contributed by atoms with Crippen LogP contribution in [-0.2, 0) is 28.6 Å². The van der Waals surface area contributed by atoms with Gasteiger partial charge in [0.05, 0.1) is 0 Å². The molecule has 0 spiro atoms. The zero-order chi connectivity index (χ0) is 52.9. The van der Waals surface area contributed by atoms with Gasteiger partial charge in [-0.3, -0.25) is 14.4 Å². The summed E-state index contributed by atoms with van der Waals surface area (Å²) >= 11 is 0. The summed E-state index contributed by atoms with van der Waals surface area (Å²) in [6, 6.07) is 0. The predicted molar refractivity (Wildman–Crippen MR) is 315 cm³/mol. The fourth-order valence-electron chi connectivity index (χ4n) is 7.51. The number of esters is 3.